The molecule has 0 aliphatic rings. The largest absolute Gasteiger partial charge is 0.456 e. The predicted octanol–water partition coefficient (Wildman–Crippen LogP) is 3.28. The first-order valence-electron chi connectivity index (χ1n) is 5.79. The van der Waals surface area contributed by atoms with Crippen LogP contribution in [0.25, 0.3) is 0 Å². The molecule has 0 atom stereocenters. The van der Waals surface area contributed by atoms with Crippen LogP contribution in [-0.2, 0) is 10.0 Å². The summed E-state index contributed by atoms with van der Waals surface area (Å²) in [5.41, 5.74) is 5.94. The monoisotopic (exact) mass is 346 g/mol. The summed E-state index contributed by atoms with van der Waals surface area (Å²) in [4.78, 5) is -0.0684. The molecule has 0 aliphatic heterocycles. The number of nitrogens with one attached hydrogen (secondary N) is 1. The van der Waals surface area contributed by atoms with Gasteiger partial charge in [0.25, 0.3) is 0 Å². The van der Waals surface area contributed by atoms with Crippen molar-refractivity contribution < 1.29 is 13.2 Å². The van der Waals surface area contributed by atoms with Crippen molar-refractivity contribution >= 4 is 38.9 Å². The Bertz CT molecular complexity index is 759. The first-order valence-corrected chi connectivity index (χ1v) is 8.03. The topological polar surface area (TPSA) is 81.4 Å². The van der Waals surface area contributed by atoms with Crippen molar-refractivity contribution in [2.45, 2.75) is 4.90 Å². The highest BCUT2D eigenvalue weighted by atomic mass is 35.5. The van der Waals surface area contributed by atoms with Crippen LogP contribution in [0.5, 0.6) is 11.5 Å². The molecule has 2 aromatic carbocycles. The summed E-state index contributed by atoms with van der Waals surface area (Å²) in [5, 5.41) is 0.761. The van der Waals surface area contributed by atoms with Crippen molar-refractivity contribution in [1.82, 2.24) is 4.72 Å². The molecule has 0 heterocycles. The second-order valence-corrected chi connectivity index (χ2v) is 6.85. The second kappa shape index (κ2) is 6.11. The van der Waals surface area contributed by atoms with Crippen LogP contribution in [0.15, 0.2) is 41.3 Å². The van der Waals surface area contributed by atoms with E-state index in [1.165, 1.54) is 37.4 Å². The molecule has 5 nitrogen and oxygen atoms in total. The molecule has 21 heavy (non-hydrogen) atoms. The molecule has 0 spiro atoms. The Morgan fingerprint density at radius 1 is 1.10 bits per heavy atom. The Labute approximate surface area is 132 Å². The van der Waals surface area contributed by atoms with Crippen LogP contribution >= 0.6 is 23.2 Å². The summed E-state index contributed by atoms with van der Waals surface area (Å²) in [6.45, 7) is 0. The first-order chi connectivity index (χ1) is 9.81. The van der Waals surface area contributed by atoms with Crippen LogP contribution in [0.3, 0.4) is 0 Å². The second-order valence-electron chi connectivity index (χ2n) is 4.12. The van der Waals surface area contributed by atoms with Gasteiger partial charge < -0.3 is 10.5 Å². The van der Waals surface area contributed by atoms with Gasteiger partial charge >= 0.3 is 0 Å². The third-order valence-corrected chi connectivity index (χ3v) is 4.46. The van der Waals surface area contributed by atoms with Crippen LogP contribution in [0, 0.1) is 0 Å². The highest BCUT2D eigenvalue weighted by Crippen LogP contribution is 2.33. The lowest BCUT2D eigenvalue weighted by Crippen LogP contribution is -2.19. The zero-order chi connectivity index (χ0) is 15.6. The lowest BCUT2D eigenvalue weighted by molar-refractivity contribution is 0.467. The molecule has 0 bridgehead atoms. The van der Waals surface area contributed by atoms with E-state index < -0.39 is 10.0 Å². The van der Waals surface area contributed by atoms with Crippen molar-refractivity contribution in [3.05, 3.63) is 46.4 Å². The number of nitrogens with two attached hydrogens (primary N) is 1. The van der Waals surface area contributed by atoms with Crippen molar-refractivity contribution in [3.8, 4) is 11.5 Å². The molecule has 0 aliphatic carbocycles. The fourth-order valence-electron chi connectivity index (χ4n) is 1.64. The van der Waals surface area contributed by atoms with Gasteiger partial charge in [-0.05, 0) is 43.4 Å². The number of anilines is 1. The quantitative estimate of drug-likeness (QED) is 0.832. The van der Waals surface area contributed by atoms with E-state index >= 15 is 0 Å². The molecule has 8 heteroatoms. The van der Waals surface area contributed by atoms with E-state index in [0.29, 0.717) is 21.5 Å². The lowest BCUT2D eigenvalue weighted by atomic mass is 10.3. The summed E-state index contributed by atoms with van der Waals surface area (Å²) in [7, 11) is -2.41. The first kappa shape index (κ1) is 15.9. The average molecular weight is 347 g/mol. The molecule has 2 rings (SSSR count). The lowest BCUT2D eigenvalue weighted by Gasteiger charge is -2.12. The van der Waals surface area contributed by atoms with E-state index in [9.17, 15) is 8.42 Å². The van der Waals surface area contributed by atoms with Gasteiger partial charge in [0.2, 0.25) is 10.0 Å². The number of rotatable bonds is 4. The highest BCUT2D eigenvalue weighted by Gasteiger charge is 2.19. The minimum Gasteiger partial charge on any atom is -0.456 e. The van der Waals surface area contributed by atoms with Crippen molar-refractivity contribution in [2.75, 3.05) is 12.8 Å². The molecule has 3 N–H and O–H groups in total. The molecule has 0 saturated heterocycles. The summed E-state index contributed by atoms with van der Waals surface area (Å²) < 4.78 is 31.8. The fourth-order valence-corrected chi connectivity index (χ4v) is 3.04. The molecular weight excluding hydrogens is 335 g/mol. The predicted molar refractivity (Wildman–Crippen MR) is 83.6 cm³/mol. The third kappa shape index (κ3) is 3.79. The fraction of sp³-hybridized carbons (Fsp3) is 0.0769. The van der Waals surface area contributed by atoms with E-state index in [2.05, 4.69) is 4.72 Å². The molecule has 0 amide bonds. The summed E-state index contributed by atoms with van der Waals surface area (Å²) in [6.07, 6.45) is 0. The van der Waals surface area contributed by atoms with Gasteiger partial charge in [-0.3, -0.25) is 0 Å². The van der Waals surface area contributed by atoms with E-state index in [1.54, 1.807) is 6.07 Å². The standard InChI is InChI=1S/C13H12Cl2N2O3S/c1-17-21(18,19)13-7-10(16)2-3-12(13)20-11-5-8(14)4-9(15)6-11/h2-7,17H,16H2,1H3. The van der Waals surface area contributed by atoms with Gasteiger partial charge in [0.1, 0.15) is 16.4 Å². The van der Waals surface area contributed by atoms with E-state index in [4.69, 9.17) is 33.7 Å². The summed E-state index contributed by atoms with van der Waals surface area (Å²) in [6, 6.07) is 8.92. The number of sulfonamides is 1. The molecule has 112 valence electrons. The number of ether oxygens (including phenoxy) is 1. The smallest absolute Gasteiger partial charge is 0.244 e. The van der Waals surface area contributed by atoms with Gasteiger partial charge in [-0.15, -0.1) is 0 Å². The summed E-state index contributed by atoms with van der Waals surface area (Å²) >= 11 is 11.8. The molecule has 0 fully saturated rings. The Morgan fingerprint density at radius 3 is 2.29 bits per heavy atom. The Morgan fingerprint density at radius 2 is 1.71 bits per heavy atom. The zero-order valence-corrected chi connectivity index (χ0v) is 13.3. The van der Waals surface area contributed by atoms with Gasteiger partial charge in [0, 0.05) is 15.7 Å². The molecule has 0 unspecified atom stereocenters. The Balaban J connectivity index is 2.49. The van der Waals surface area contributed by atoms with Crippen LogP contribution < -0.4 is 15.2 Å². The van der Waals surface area contributed by atoms with Crippen LogP contribution in [0.1, 0.15) is 0 Å². The van der Waals surface area contributed by atoms with Gasteiger partial charge in [0.05, 0.1) is 0 Å². The van der Waals surface area contributed by atoms with E-state index in [-0.39, 0.29) is 10.6 Å². The molecule has 0 aromatic heterocycles. The van der Waals surface area contributed by atoms with Crippen LogP contribution in [0.2, 0.25) is 10.0 Å². The molecule has 0 saturated carbocycles. The highest BCUT2D eigenvalue weighted by molar-refractivity contribution is 7.89. The van der Waals surface area contributed by atoms with E-state index in [0.717, 1.165) is 0 Å². The minimum atomic E-state index is -3.71. The maximum absolute atomic E-state index is 12.0. The third-order valence-electron chi connectivity index (χ3n) is 2.59. The maximum Gasteiger partial charge on any atom is 0.244 e. The molecule has 0 radical (unpaired) electrons. The number of hydrogen-bond acceptors (Lipinski definition) is 4. The van der Waals surface area contributed by atoms with E-state index in [1.807, 2.05) is 0 Å². The number of benzene rings is 2. The normalized spacial score (nSPS) is 11.4. The van der Waals surface area contributed by atoms with Crippen molar-refractivity contribution in [3.63, 3.8) is 0 Å². The minimum absolute atomic E-state index is 0.0684. The van der Waals surface area contributed by atoms with Crippen molar-refractivity contribution in [2.24, 2.45) is 0 Å². The van der Waals surface area contributed by atoms with Gasteiger partial charge in [-0.2, -0.15) is 0 Å². The maximum atomic E-state index is 12.0. The van der Waals surface area contributed by atoms with Crippen LogP contribution in [-0.4, -0.2) is 15.5 Å². The number of hydrogen-bond donors (Lipinski definition) is 2. The van der Waals surface area contributed by atoms with Gasteiger partial charge in [-0.1, -0.05) is 23.2 Å². The van der Waals surface area contributed by atoms with Crippen LogP contribution in [0.4, 0.5) is 5.69 Å². The Kier molecular flexibility index (Phi) is 4.63. The number of halogens is 2. The number of nitrogen functional groups attached to an aromatic ring is 1. The molecule has 2 aromatic rings. The van der Waals surface area contributed by atoms with Gasteiger partial charge in [0.15, 0.2) is 0 Å². The average Bonchev–Trinajstić information content (AvgIpc) is 2.39. The SMILES string of the molecule is CNS(=O)(=O)c1cc(N)ccc1Oc1cc(Cl)cc(Cl)c1. The van der Waals surface area contributed by atoms with Gasteiger partial charge in [-0.25, -0.2) is 13.1 Å². The molecular formula is C13H12Cl2N2O3S. The summed E-state index contributed by atoms with van der Waals surface area (Å²) in [5.74, 6) is 0.446. The Hall–Kier alpha value is -1.47. The zero-order valence-electron chi connectivity index (χ0n) is 10.9. The van der Waals surface area contributed by atoms with Crippen molar-refractivity contribution in [1.29, 1.82) is 0 Å².